The summed E-state index contributed by atoms with van der Waals surface area (Å²) in [6.45, 7) is 4.34. The molecule has 1 nitrogen and oxygen atoms in total. The van der Waals surface area contributed by atoms with Crippen LogP contribution in [0.2, 0.25) is 5.09 Å². The summed E-state index contributed by atoms with van der Waals surface area (Å²) < 4.78 is 0. The molecular weight excluding hydrogens is 153 g/mol. The summed E-state index contributed by atoms with van der Waals surface area (Å²) in [5, 5.41) is 8.80. The molecule has 70 valence electrons. The molecule has 2 heteroatoms. The Morgan fingerprint density at radius 3 is 2.62 bits per heavy atom. The van der Waals surface area contributed by atoms with E-state index in [0.717, 1.165) is 23.6 Å². The summed E-state index contributed by atoms with van der Waals surface area (Å²) in [6.07, 6.45) is 7.74. The molecule has 0 rings (SSSR count). The van der Waals surface area contributed by atoms with Gasteiger partial charge >= 0.3 is 91.5 Å². The van der Waals surface area contributed by atoms with E-state index in [-0.39, 0.29) is 0 Å². The Kier molecular flexibility index (Phi) is 8.60. The predicted molar refractivity (Wildman–Crippen MR) is 60.8 cm³/mol. The van der Waals surface area contributed by atoms with E-state index in [1.54, 1.807) is 0 Å². The molecule has 0 aliphatic rings. The van der Waals surface area contributed by atoms with Crippen LogP contribution in [-0.4, -0.2) is 23.4 Å². The number of rotatable bonds is 7. The van der Waals surface area contributed by atoms with Crippen molar-refractivity contribution in [2.24, 2.45) is 0 Å². The van der Waals surface area contributed by atoms with Crippen LogP contribution in [-0.2, 0) is 0 Å². The van der Waals surface area contributed by atoms with Crippen molar-refractivity contribution in [2.45, 2.75) is 51.0 Å². The molecule has 13 heavy (non-hydrogen) atoms. The first-order valence-corrected chi connectivity index (χ1v) is 5.42. The average Bonchev–Trinajstić information content (AvgIpc) is 2.14. The monoisotopic (exact) mass is 173 g/mol. The van der Waals surface area contributed by atoms with Gasteiger partial charge in [-0.25, -0.2) is 0 Å². The maximum atomic E-state index is 7.69. The Morgan fingerprint density at radius 1 is 1.38 bits per heavy atom. The first-order chi connectivity index (χ1) is 6.20. The van der Waals surface area contributed by atoms with Gasteiger partial charge in [-0.05, 0) is 0 Å². The number of hydrogen-bond acceptors (Lipinski definition) is 1. The predicted octanol–water partition coefficient (Wildman–Crippen LogP) is 3.51. The molecule has 0 spiro atoms. The van der Waals surface area contributed by atoms with Crippen molar-refractivity contribution in [3.8, 4) is 0 Å². The van der Waals surface area contributed by atoms with E-state index in [2.05, 4.69) is 37.6 Å². The fourth-order valence-corrected chi connectivity index (χ4v) is 1.13. The van der Waals surface area contributed by atoms with Crippen molar-refractivity contribution in [1.29, 1.82) is 5.41 Å². The summed E-state index contributed by atoms with van der Waals surface area (Å²) >= 11 is 2.16. The van der Waals surface area contributed by atoms with Crippen LogP contribution < -0.4 is 0 Å². The molecule has 0 atom stereocenters. The van der Waals surface area contributed by atoms with E-state index in [4.69, 9.17) is 5.41 Å². The summed E-state index contributed by atoms with van der Waals surface area (Å²) in [6, 6.07) is 0. The molecule has 0 heterocycles. The Balaban J connectivity index is 3.51. The van der Waals surface area contributed by atoms with Crippen LogP contribution in [0.5, 0.6) is 0 Å². The molecule has 1 N–H and O–H groups in total. The van der Waals surface area contributed by atoms with Gasteiger partial charge in [-0.3, -0.25) is 0 Å². The Bertz CT molecular complexity index is 173. The minimum absolute atomic E-state index is 0.864. The molecule has 0 amide bonds. The summed E-state index contributed by atoms with van der Waals surface area (Å²) in [7, 11) is 0. The van der Waals surface area contributed by atoms with Crippen molar-refractivity contribution in [3.63, 3.8) is 0 Å². The Hall–Kier alpha value is 0.00740. The van der Waals surface area contributed by atoms with Gasteiger partial charge in [-0.15, -0.1) is 0 Å². The minimum atomic E-state index is 0.864. The summed E-state index contributed by atoms with van der Waals surface area (Å²) in [5.41, 5.74) is 2.29. The molecule has 0 radical (unpaired) electrons. The first-order valence-electron chi connectivity index (χ1n) is 5.42. The van der Waals surface area contributed by atoms with Crippen LogP contribution in [0.1, 0.15) is 46.0 Å². The molecule has 0 aromatic carbocycles. The van der Waals surface area contributed by atoms with Crippen LogP contribution in [0.4, 0.5) is 0 Å². The molecule has 0 aliphatic heterocycles. The van der Waals surface area contributed by atoms with Gasteiger partial charge in [0.15, 0.2) is 0 Å². The van der Waals surface area contributed by atoms with E-state index >= 15 is 0 Å². The third-order valence-electron chi connectivity index (χ3n) is 2.34. The van der Waals surface area contributed by atoms with Crippen molar-refractivity contribution >= 4 is 23.4 Å². The molecule has 0 aromatic rings. The number of allylic oxidation sites excluding steroid dienone is 2. The normalized spacial score (nSPS) is 11.8. The average molecular weight is 173 g/mol. The van der Waals surface area contributed by atoms with Crippen molar-refractivity contribution < 1.29 is 0 Å². The van der Waals surface area contributed by atoms with Crippen molar-refractivity contribution in [1.82, 2.24) is 0 Å². The van der Waals surface area contributed by atoms with Crippen molar-refractivity contribution in [2.75, 3.05) is 0 Å². The van der Waals surface area contributed by atoms with Crippen LogP contribution in [0.15, 0.2) is 11.6 Å². The third kappa shape index (κ3) is 8.34. The molecule has 0 aromatic heterocycles. The van der Waals surface area contributed by atoms with E-state index < -0.39 is 0 Å². The van der Waals surface area contributed by atoms with Gasteiger partial charge < -0.3 is 0 Å². The van der Waals surface area contributed by atoms with Crippen LogP contribution in [0, 0.1) is 5.41 Å². The summed E-state index contributed by atoms with van der Waals surface area (Å²) in [4.78, 5) is 0. The van der Waals surface area contributed by atoms with E-state index in [1.807, 2.05) is 0 Å². The van der Waals surface area contributed by atoms with Crippen LogP contribution in [0.3, 0.4) is 0 Å². The molecule has 0 aliphatic carbocycles. The molecule has 0 fully saturated rings. The van der Waals surface area contributed by atoms with Gasteiger partial charge in [-0.2, -0.15) is 0 Å². The SMILES string of the molecule is [Li][CH2]C(C)=CCC(=N)CCCCC. The van der Waals surface area contributed by atoms with Crippen LogP contribution >= 0.6 is 0 Å². The van der Waals surface area contributed by atoms with Gasteiger partial charge in [0.1, 0.15) is 0 Å². The fourth-order valence-electron chi connectivity index (χ4n) is 1.13. The maximum absolute atomic E-state index is 7.69. The van der Waals surface area contributed by atoms with Crippen molar-refractivity contribution in [3.05, 3.63) is 11.6 Å². The molecule has 0 saturated heterocycles. The summed E-state index contributed by atoms with van der Waals surface area (Å²) in [5.74, 6) is 0. The van der Waals surface area contributed by atoms with Gasteiger partial charge in [0.25, 0.3) is 0 Å². The number of unbranched alkanes of at least 4 members (excludes halogenated alkanes) is 2. The molecule has 0 bridgehead atoms. The van der Waals surface area contributed by atoms with Gasteiger partial charge in [0.2, 0.25) is 0 Å². The first kappa shape index (κ1) is 13.0. The second kappa shape index (κ2) is 8.60. The van der Waals surface area contributed by atoms with Crippen LogP contribution in [0.25, 0.3) is 0 Å². The zero-order chi connectivity index (χ0) is 10.1. The van der Waals surface area contributed by atoms with E-state index in [9.17, 15) is 0 Å². The number of hydrogen-bond donors (Lipinski definition) is 1. The molecule has 0 unspecified atom stereocenters. The van der Waals surface area contributed by atoms with Gasteiger partial charge in [-0.1, -0.05) is 0 Å². The Morgan fingerprint density at radius 2 is 2.08 bits per heavy atom. The quantitative estimate of drug-likeness (QED) is 0.263. The zero-order valence-electron chi connectivity index (χ0n) is 9.32. The van der Waals surface area contributed by atoms with Gasteiger partial charge in [0, 0.05) is 0 Å². The van der Waals surface area contributed by atoms with Gasteiger partial charge in [0.05, 0.1) is 0 Å². The van der Waals surface area contributed by atoms with E-state index in [0.29, 0.717) is 0 Å². The zero-order valence-corrected chi connectivity index (χ0v) is 9.32. The molecular formula is C11H20LiN. The number of nitrogens with one attached hydrogen (secondary N) is 1. The Labute approximate surface area is 91.7 Å². The standard InChI is InChI=1S/C11H20N.Li/c1-4-5-6-7-11(12)9-8-10(2)3;/h8,12H,2,4-7,9H2,1,3H3;. The second-order valence-corrected chi connectivity index (χ2v) is 3.67. The second-order valence-electron chi connectivity index (χ2n) is 3.67. The topological polar surface area (TPSA) is 23.9 Å². The fraction of sp³-hybridized carbons (Fsp3) is 0.727. The molecule has 0 saturated carbocycles. The van der Waals surface area contributed by atoms with E-state index in [1.165, 1.54) is 24.8 Å². The third-order valence-corrected chi connectivity index (χ3v) is 2.34.